The first-order valence-electron chi connectivity index (χ1n) is 8.55. The number of hydrogen-bond acceptors (Lipinski definition) is 6. The molecule has 2 aromatic rings. The van der Waals surface area contributed by atoms with E-state index in [2.05, 4.69) is 10.1 Å². The summed E-state index contributed by atoms with van der Waals surface area (Å²) in [5.74, 6) is 0.857. The van der Waals surface area contributed by atoms with E-state index in [0.717, 1.165) is 5.69 Å². The first-order chi connectivity index (χ1) is 12.0. The van der Waals surface area contributed by atoms with Crippen LogP contribution in [0.15, 0.2) is 35.1 Å². The fraction of sp³-hybridized carbons (Fsp3) is 0.500. The Morgan fingerprint density at radius 3 is 2.88 bits per heavy atom. The van der Waals surface area contributed by atoms with Crippen LogP contribution < -0.4 is 4.74 Å². The number of aliphatic hydroxyl groups excluding tert-OH is 1. The number of carbonyl (C=O) groups excluding carboxylic acids is 1. The molecule has 1 saturated heterocycles. The van der Waals surface area contributed by atoms with E-state index in [1.165, 1.54) is 0 Å². The minimum Gasteiger partial charge on any atom is -0.486 e. The van der Waals surface area contributed by atoms with Crippen molar-refractivity contribution in [1.82, 2.24) is 15.0 Å². The Morgan fingerprint density at radius 2 is 2.20 bits per heavy atom. The van der Waals surface area contributed by atoms with Gasteiger partial charge in [0.1, 0.15) is 11.9 Å². The van der Waals surface area contributed by atoms with E-state index < -0.39 is 6.10 Å². The average molecular weight is 345 g/mol. The summed E-state index contributed by atoms with van der Waals surface area (Å²) in [6, 6.07) is 5.28. The number of likely N-dealkylation sites (tertiary alicyclic amines) is 1. The van der Waals surface area contributed by atoms with Crippen molar-refractivity contribution in [3.05, 3.63) is 42.0 Å². The van der Waals surface area contributed by atoms with Gasteiger partial charge in [-0.1, -0.05) is 19.0 Å². The lowest BCUT2D eigenvalue weighted by Gasteiger charge is -2.21. The van der Waals surface area contributed by atoms with Crippen LogP contribution in [-0.4, -0.2) is 51.4 Å². The molecule has 7 nitrogen and oxygen atoms in total. The van der Waals surface area contributed by atoms with Crippen molar-refractivity contribution < 1.29 is 19.2 Å². The number of amides is 1. The second-order valence-corrected chi connectivity index (χ2v) is 6.55. The van der Waals surface area contributed by atoms with Crippen molar-refractivity contribution in [2.45, 2.75) is 44.8 Å². The Morgan fingerprint density at radius 1 is 1.40 bits per heavy atom. The molecule has 2 atom stereocenters. The minimum atomic E-state index is -0.640. The first kappa shape index (κ1) is 17.4. The van der Waals surface area contributed by atoms with E-state index in [1.54, 1.807) is 35.5 Å². The highest BCUT2D eigenvalue weighted by Crippen LogP contribution is 2.21. The zero-order valence-corrected chi connectivity index (χ0v) is 14.5. The number of carbonyl (C=O) groups is 1. The van der Waals surface area contributed by atoms with E-state index in [0.29, 0.717) is 31.7 Å². The highest BCUT2D eigenvalue weighted by atomic mass is 16.5. The molecule has 1 fully saturated rings. The van der Waals surface area contributed by atoms with Crippen molar-refractivity contribution >= 4 is 5.91 Å². The number of rotatable bonds is 4. The van der Waals surface area contributed by atoms with E-state index in [4.69, 9.17) is 9.26 Å². The van der Waals surface area contributed by atoms with Gasteiger partial charge in [0.25, 0.3) is 5.91 Å². The Labute approximate surface area is 146 Å². The molecule has 2 aromatic heterocycles. The second-order valence-electron chi connectivity index (χ2n) is 6.55. The molecule has 0 bridgehead atoms. The molecule has 0 radical (unpaired) electrons. The molecule has 0 spiro atoms. The van der Waals surface area contributed by atoms with Gasteiger partial charge in [-0.2, -0.15) is 0 Å². The number of aromatic nitrogens is 2. The number of aliphatic hydroxyl groups is 1. The highest BCUT2D eigenvalue weighted by molar-refractivity contribution is 5.91. The van der Waals surface area contributed by atoms with Gasteiger partial charge < -0.3 is 19.3 Å². The predicted octanol–water partition coefficient (Wildman–Crippen LogP) is 2.24. The van der Waals surface area contributed by atoms with Gasteiger partial charge in [0.15, 0.2) is 0 Å². The molecule has 1 aliphatic heterocycles. The Bertz CT molecular complexity index is 701. The van der Waals surface area contributed by atoms with E-state index in [9.17, 15) is 9.90 Å². The Kier molecular flexibility index (Phi) is 5.33. The molecule has 0 aromatic carbocycles. The molecule has 0 saturated carbocycles. The summed E-state index contributed by atoms with van der Waals surface area (Å²) in [6.45, 7) is 4.92. The minimum absolute atomic E-state index is 0.200. The highest BCUT2D eigenvalue weighted by Gasteiger charge is 2.30. The second kappa shape index (κ2) is 7.65. The number of ether oxygens (including phenoxy) is 1. The van der Waals surface area contributed by atoms with Crippen molar-refractivity contribution in [3.63, 3.8) is 0 Å². The third-order valence-electron chi connectivity index (χ3n) is 4.35. The third kappa shape index (κ3) is 4.17. The molecular formula is C18H23N3O4. The van der Waals surface area contributed by atoms with Crippen molar-refractivity contribution in [2.24, 2.45) is 0 Å². The summed E-state index contributed by atoms with van der Waals surface area (Å²) in [4.78, 5) is 18.3. The smallest absolute Gasteiger partial charge is 0.292 e. The van der Waals surface area contributed by atoms with Crippen LogP contribution in [0.2, 0.25) is 0 Å². The average Bonchev–Trinajstić information content (AvgIpc) is 3.04. The van der Waals surface area contributed by atoms with Crippen molar-refractivity contribution in [1.29, 1.82) is 0 Å². The van der Waals surface area contributed by atoms with E-state index in [-0.39, 0.29) is 23.7 Å². The lowest BCUT2D eigenvalue weighted by atomic mass is 10.1. The zero-order chi connectivity index (χ0) is 17.8. The van der Waals surface area contributed by atoms with Crippen LogP contribution in [0, 0.1) is 0 Å². The van der Waals surface area contributed by atoms with Crippen LogP contribution in [-0.2, 0) is 0 Å². The molecule has 7 heteroatoms. The standard InChI is InChI=1S/C18H23N3O4/c1-12(2)14-10-17(25-20-14)18(23)21-8-5-15(22)16(6-9-21)24-13-4-3-7-19-11-13/h3-4,7,10-12,15-16,22H,5-6,8-9H2,1-2H3/t15-,16-/m0/s1. The number of nitrogens with zero attached hydrogens (tertiary/aromatic N) is 3. The molecule has 25 heavy (non-hydrogen) atoms. The molecule has 3 heterocycles. The lowest BCUT2D eigenvalue weighted by molar-refractivity contribution is 0.0348. The lowest BCUT2D eigenvalue weighted by Crippen LogP contribution is -2.32. The molecule has 1 N–H and O–H groups in total. The summed E-state index contributed by atoms with van der Waals surface area (Å²) in [7, 11) is 0. The van der Waals surface area contributed by atoms with E-state index in [1.807, 2.05) is 13.8 Å². The first-order valence-corrected chi connectivity index (χ1v) is 8.55. The van der Waals surface area contributed by atoms with E-state index >= 15 is 0 Å². The predicted molar refractivity (Wildman–Crippen MR) is 90.4 cm³/mol. The number of hydrogen-bond donors (Lipinski definition) is 1. The van der Waals surface area contributed by atoms with Crippen molar-refractivity contribution in [3.8, 4) is 5.75 Å². The summed E-state index contributed by atoms with van der Waals surface area (Å²) in [5.41, 5.74) is 0.760. The Hall–Kier alpha value is -2.41. The normalized spacial score (nSPS) is 21.2. The molecule has 3 rings (SSSR count). The van der Waals surface area contributed by atoms with Gasteiger partial charge >= 0.3 is 0 Å². The monoisotopic (exact) mass is 345 g/mol. The van der Waals surface area contributed by atoms with Crippen LogP contribution in [0.3, 0.4) is 0 Å². The van der Waals surface area contributed by atoms with Gasteiger partial charge in [0.2, 0.25) is 5.76 Å². The summed E-state index contributed by atoms with van der Waals surface area (Å²) >= 11 is 0. The van der Waals surface area contributed by atoms with Crippen LogP contribution in [0.4, 0.5) is 0 Å². The maximum Gasteiger partial charge on any atom is 0.292 e. The summed E-state index contributed by atoms with van der Waals surface area (Å²) in [6.07, 6.45) is 3.25. The van der Waals surface area contributed by atoms with Gasteiger partial charge in [0, 0.05) is 31.8 Å². The SMILES string of the molecule is CC(C)c1cc(C(=O)N2CC[C@H](Oc3cccnc3)[C@@H](O)CC2)on1. The third-order valence-corrected chi connectivity index (χ3v) is 4.35. The fourth-order valence-corrected chi connectivity index (χ4v) is 2.81. The topological polar surface area (TPSA) is 88.7 Å². The maximum absolute atomic E-state index is 12.6. The quantitative estimate of drug-likeness (QED) is 0.914. The molecule has 0 unspecified atom stereocenters. The molecule has 0 aliphatic carbocycles. The van der Waals surface area contributed by atoms with Crippen molar-refractivity contribution in [2.75, 3.05) is 13.1 Å². The van der Waals surface area contributed by atoms with Gasteiger partial charge in [-0.15, -0.1) is 0 Å². The zero-order valence-electron chi connectivity index (χ0n) is 14.5. The van der Waals surface area contributed by atoms with Crippen LogP contribution >= 0.6 is 0 Å². The number of pyridine rings is 1. The van der Waals surface area contributed by atoms with Crippen LogP contribution in [0.5, 0.6) is 5.75 Å². The molecule has 1 aliphatic rings. The fourth-order valence-electron chi connectivity index (χ4n) is 2.81. The van der Waals surface area contributed by atoms with Gasteiger partial charge in [0.05, 0.1) is 18.0 Å². The van der Waals surface area contributed by atoms with Gasteiger partial charge in [-0.3, -0.25) is 9.78 Å². The molecule has 134 valence electrons. The Balaban J connectivity index is 1.64. The van der Waals surface area contributed by atoms with Gasteiger partial charge in [-0.25, -0.2) is 0 Å². The summed E-state index contributed by atoms with van der Waals surface area (Å²) < 4.78 is 11.0. The van der Waals surface area contributed by atoms with Crippen LogP contribution in [0.25, 0.3) is 0 Å². The maximum atomic E-state index is 12.6. The molecule has 1 amide bonds. The largest absolute Gasteiger partial charge is 0.486 e. The molecular weight excluding hydrogens is 322 g/mol. The summed E-state index contributed by atoms with van der Waals surface area (Å²) in [5, 5.41) is 14.3. The van der Waals surface area contributed by atoms with Crippen LogP contribution in [0.1, 0.15) is 48.9 Å². The van der Waals surface area contributed by atoms with Gasteiger partial charge in [-0.05, 0) is 24.5 Å².